The van der Waals surface area contributed by atoms with Crippen LogP contribution in [0.1, 0.15) is 26.4 Å². The predicted octanol–water partition coefficient (Wildman–Crippen LogP) is 10.9. The highest BCUT2D eigenvalue weighted by Crippen LogP contribution is 2.40. The molecule has 2 bridgehead atoms. The van der Waals surface area contributed by atoms with Crippen molar-refractivity contribution in [3.05, 3.63) is 130 Å². The van der Waals surface area contributed by atoms with Crippen molar-refractivity contribution < 1.29 is 47.4 Å². The molecule has 6 heterocycles. The summed E-state index contributed by atoms with van der Waals surface area (Å²) in [6.45, 7) is 17.2. The summed E-state index contributed by atoms with van der Waals surface area (Å²) >= 11 is 4.46. The number of aryl methyl sites for hydroxylation is 2. The Morgan fingerprint density at radius 1 is 0.597 bits per heavy atom. The maximum absolute atomic E-state index is 11.7. The Labute approximate surface area is 463 Å². The minimum atomic E-state index is -0.446. The second kappa shape index (κ2) is 28.3. The van der Waals surface area contributed by atoms with Gasteiger partial charge in [-0.3, -0.25) is 0 Å². The number of thiophene rings is 2. The molecule has 3 aromatic heterocycles. The maximum atomic E-state index is 11.7. The van der Waals surface area contributed by atoms with Crippen LogP contribution in [0.15, 0.2) is 104 Å². The van der Waals surface area contributed by atoms with Crippen LogP contribution in [0, 0.1) is 13.8 Å². The normalized spacial score (nSPS) is 15.9. The molecule has 15 nitrogen and oxygen atoms in total. The molecule has 0 amide bonds. The summed E-state index contributed by atoms with van der Waals surface area (Å²) in [7, 11) is 1.68. The van der Waals surface area contributed by atoms with E-state index in [-0.39, 0.29) is 6.61 Å². The first-order valence-electron chi connectivity index (χ1n) is 26.0. The fraction of sp³-hybridized carbons (Fsp3) is 0.373. The lowest BCUT2D eigenvalue weighted by Gasteiger charge is -2.30. The monoisotopic (exact) mass is 1100 g/mol. The SMILES string of the molecule is C=CC(=O)OCc1ccc(-c2ccc(-c3ccc(/C=C/c4ccc(N5CCOc6cc(C)ccc6N6CCOCCOCCN(CCOCCOCC6)c6ccc(C)cc6OCC5)c(OCCOC)c4)s3)c3nsnc23)s1. The molecule has 3 aliphatic rings. The summed E-state index contributed by atoms with van der Waals surface area (Å²) in [5.41, 5.74) is 9.79. The van der Waals surface area contributed by atoms with Gasteiger partial charge in [-0.25, -0.2) is 4.79 Å². The van der Waals surface area contributed by atoms with Crippen molar-refractivity contribution in [2.45, 2.75) is 20.5 Å². The van der Waals surface area contributed by atoms with Crippen LogP contribution < -0.4 is 28.9 Å². The summed E-state index contributed by atoms with van der Waals surface area (Å²) in [4.78, 5) is 22.6. The van der Waals surface area contributed by atoms with Gasteiger partial charge < -0.3 is 57.3 Å². The lowest BCUT2D eigenvalue weighted by molar-refractivity contribution is -0.138. The Balaban J connectivity index is 0.989. The number of anilines is 3. The van der Waals surface area contributed by atoms with Gasteiger partial charge in [-0.15, -0.1) is 22.7 Å². The first kappa shape index (κ1) is 55.4. The van der Waals surface area contributed by atoms with Crippen LogP contribution in [0.2, 0.25) is 0 Å². The minimum absolute atomic E-state index is 0.194. The molecular formula is C59H67N5O10S3. The summed E-state index contributed by atoms with van der Waals surface area (Å²) in [6, 6.07) is 31.6. The molecule has 18 heteroatoms. The Morgan fingerprint density at radius 3 is 1.70 bits per heavy atom. The molecule has 0 unspecified atom stereocenters. The smallest absolute Gasteiger partial charge is 0.330 e. The van der Waals surface area contributed by atoms with Crippen LogP contribution in [0.5, 0.6) is 17.2 Å². The van der Waals surface area contributed by atoms with E-state index in [2.05, 4.69) is 126 Å². The van der Waals surface area contributed by atoms with Crippen molar-refractivity contribution in [1.29, 1.82) is 0 Å². The summed E-state index contributed by atoms with van der Waals surface area (Å²) in [5, 5.41) is 0. The van der Waals surface area contributed by atoms with E-state index in [0.29, 0.717) is 119 Å². The van der Waals surface area contributed by atoms with Crippen LogP contribution in [0.4, 0.5) is 17.1 Å². The van der Waals surface area contributed by atoms with Gasteiger partial charge in [-0.05, 0) is 97.3 Å². The largest absolute Gasteiger partial charge is 0.490 e. The van der Waals surface area contributed by atoms with Gasteiger partial charge in [0, 0.05) is 70.0 Å². The molecule has 0 N–H and O–H groups in total. The fourth-order valence-corrected chi connectivity index (χ4v) is 11.5. The molecular weight excluding hydrogens is 1030 g/mol. The van der Waals surface area contributed by atoms with Gasteiger partial charge in [0.2, 0.25) is 0 Å². The van der Waals surface area contributed by atoms with Crippen LogP contribution in [0.3, 0.4) is 0 Å². The molecule has 0 atom stereocenters. The molecule has 0 aliphatic carbocycles. The minimum Gasteiger partial charge on any atom is -0.490 e. The number of esters is 1. The number of hydrogen-bond acceptors (Lipinski definition) is 18. The van der Waals surface area contributed by atoms with Crippen molar-refractivity contribution >= 4 is 80.6 Å². The molecule has 1 saturated heterocycles. The quantitative estimate of drug-likeness (QED) is 0.0496. The third-order valence-electron chi connectivity index (χ3n) is 13.0. The third-order valence-corrected chi connectivity index (χ3v) is 15.7. The van der Waals surface area contributed by atoms with Crippen LogP contribution in [0.25, 0.3) is 44.1 Å². The van der Waals surface area contributed by atoms with Gasteiger partial charge >= 0.3 is 5.97 Å². The second-order valence-electron chi connectivity index (χ2n) is 18.4. The number of nitrogens with zero attached hydrogens (tertiary/aromatic N) is 5. The zero-order chi connectivity index (χ0) is 53.2. The number of carbonyl (C=O) groups excluding carboxylic acids is 1. The average Bonchev–Trinajstić information content (AvgIpc) is 4.32. The lowest BCUT2D eigenvalue weighted by atomic mass is 10.1. The topological polar surface area (TPSA) is 136 Å². The Hall–Kier alpha value is -6.35. The second-order valence-corrected chi connectivity index (χ2v) is 21.2. The number of rotatable bonds is 12. The molecule has 0 saturated carbocycles. The highest BCUT2D eigenvalue weighted by molar-refractivity contribution is 7.16. The average molecular weight is 1100 g/mol. The molecule has 10 rings (SSSR count). The summed E-state index contributed by atoms with van der Waals surface area (Å²) in [6.07, 6.45) is 5.42. The first-order valence-corrected chi connectivity index (χ1v) is 28.4. The number of ether oxygens (including phenoxy) is 9. The van der Waals surface area contributed by atoms with Gasteiger partial charge in [0.15, 0.2) is 0 Å². The molecule has 7 aromatic rings. The van der Waals surface area contributed by atoms with E-state index in [1.807, 2.05) is 12.1 Å². The lowest BCUT2D eigenvalue weighted by Crippen LogP contribution is -2.34. The predicted molar refractivity (Wildman–Crippen MR) is 310 cm³/mol. The van der Waals surface area contributed by atoms with Crippen molar-refractivity contribution in [1.82, 2.24) is 8.75 Å². The molecule has 406 valence electrons. The van der Waals surface area contributed by atoms with E-state index < -0.39 is 5.97 Å². The Kier molecular flexibility index (Phi) is 20.4. The van der Waals surface area contributed by atoms with E-state index in [0.717, 1.165) is 92.7 Å². The molecule has 0 spiro atoms. The Morgan fingerprint density at radius 2 is 1.13 bits per heavy atom. The highest BCUT2D eigenvalue weighted by Gasteiger charge is 2.21. The van der Waals surface area contributed by atoms with E-state index in [4.69, 9.17) is 51.4 Å². The highest BCUT2D eigenvalue weighted by atomic mass is 32.1. The van der Waals surface area contributed by atoms with Crippen molar-refractivity contribution in [2.24, 2.45) is 0 Å². The third kappa shape index (κ3) is 15.2. The zero-order valence-electron chi connectivity index (χ0n) is 44.1. The summed E-state index contributed by atoms with van der Waals surface area (Å²) in [5.74, 6) is 1.88. The summed E-state index contributed by atoms with van der Waals surface area (Å²) < 4.78 is 64.8. The van der Waals surface area contributed by atoms with Crippen molar-refractivity contribution in [3.8, 4) is 38.1 Å². The molecule has 3 aliphatic heterocycles. The number of benzene rings is 4. The number of aromatic nitrogens is 2. The van der Waals surface area contributed by atoms with Crippen LogP contribution in [-0.2, 0) is 39.8 Å². The Bertz CT molecular complexity index is 2970. The van der Waals surface area contributed by atoms with E-state index in [1.165, 1.54) is 17.8 Å². The first-order chi connectivity index (χ1) is 37.8. The van der Waals surface area contributed by atoms with Gasteiger partial charge in [-0.2, -0.15) is 8.75 Å². The van der Waals surface area contributed by atoms with Crippen molar-refractivity contribution in [2.75, 3.05) is 140 Å². The molecule has 4 aromatic carbocycles. The number of fused-ring (bicyclic) bond motifs is 21. The van der Waals surface area contributed by atoms with Gasteiger partial charge in [0.05, 0.1) is 101 Å². The van der Waals surface area contributed by atoms with Gasteiger partial charge in [-0.1, -0.05) is 43.0 Å². The van der Waals surface area contributed by atoms with Gasteiger partial charge in [0.1, 0.15) is 54.7 Å². The number of carbonyl (C=O) groups is 1. The van der Waals surface area contributed by atoms with Crippen molar-refractivity contribution in [3.63, 3.8) is 0 Å². The van der Waals surface area contributed by atoms with Crippen LogP contribution in [-0.4, -0.2) is 140 Å². The fourth-order valence-electron chi connectivity index (χ4n) is 9.01. The van der Waals surface area contributed by atoms with E-state index >= 15 is 0 Å². The molecule has 1 fully saturated rings. The number of methoxy groups -OCH3 is 1. The van der Waals surface area contributed by atoms with Gasteiger partial charge in [0.25, 0.3) is 0 Å². The number of hydrogen-bond donors (Lipinski definition) is 0. The molecule has 0 radical (unpaired) electrons. The maximum Gasteiger partial charge on any atom is 0.330 e. The van der Waals surface area contributed by atoms with E-state index in [1.54, 1.807) is 29.8 Å². The van der Waals surface area contributed by atoms with Crippen LogP contribution >= 0.6 is 34.4 Å². The standard InChI is InChI=1S/C59H67N5O10S3/c1-5-57(65)74-41-46-12-19-56(76-46)48-14-13-47(58-59(48)61-77-60-58)55-18-11-45(75-55)10-8-44-9-17-51(54(40-44)73-37-32-66-4)64-24-30-71-52-38-42(2)6-15-49(52)62-20-26-67-33-35-69-28-22-63(23-29-70-36-34-68-27-21-62)50-16-7-43(3)39-53(50)72-31-25-64/h5-19,38-40H,1,20-37,41H2,2-4H3/b10-8+. The zero-order valence-corrected chi connectivity index (χ0v) is 46.5. The van der Waals surface area contributed by atoms with E-state index in [9.17, 15) is 4.79 Å². The molecule has 77 heavy (non-hydrogen) atoms.